The first-order valence-electron chi connectivity index (χ1n) is 11.8. The number of nitrogens with zero attached hydrogens (tertiary/aromatic N) is 2. The van der Waals surface area contributed by atoms with Crippen LogP contribution in [0.3, 0.4) is 0 Å². The van der Waals surface area contributed by atoms with Crippen LogP contribution in [0.15, 0.2) is 60.8 Å². The second-order valence-electron chi connectivity index (χ2n) is 8.79. The number of hydrogen-bond donors (Lipinski definition) is 1. The maximum Gasteiger partial charge on any atom is 0.253 e. The minimum atomic E-state index is -0.467. The highest BCUT2D eigenvalue weighted by molar-refractivity contribution is 5.95. The molecule has 3 aromatic rings. The second-order valence-corrected chi connectivity index (χ2v) is 8.79. The van der Waals surface area contributed by atoms with Gasteiger partial charge in [0, 0.05) is 30.8 Å². The van der Waals surface area contributed by atoms with Gasteiger partial charge in [-0.25, -0.2) is 0 Å². The van der Waals surface area contributed by atoms with Gasteiger partial charge in [-0.15, -0.1) is 0 Å². The number of aryl methyl sites for hydroxylation is 1. The van der Waals surface area contributed by atoms with Gasteiger partial charge in [-0.05, 0) is 48.9 Å². The molecular formula is C28H31N3O5. The Morgan fingerprint density at radius 3 is 2.25 bits per heavy atom. The van der Waals surface area contributed by atoms with E-state index in [9.17, 15) is 9.59 Å². The van der Waals surface area contributed by atoms with Crippen LogP contribution < -0.4 is 19.5 Å². The number of carbonyl (C=O) groups is 2. The molecule has 2 unspecified atom stereocenters. The number of likely N-dealkylation sites (tertiary alicyclic amines) is 1. The van der Waals surface area contributed by atoms with Crippen molar-refractivity contribution in [3.63, 3.8) is 0 Å². The van der Waals surface area contributed by atoms with Gasteiger partial charge in [-0.1, -0.05) is 23.8 Å². The third-order valence-corrected chi connectivity index (χ3v) is 6.53. The van der Waals surface area contributed by atoms with E-state index in [0.717, 1.165) is 16.8 Å². The topological polar surface area (TPSA) is 90.0 Å². The van der Waals surface area contributed by atoms with E-state index in [1.165, 1.54) is 0 Å². The van der Waals surface area contributed by atoms with Gasteiger partial charge in [0.1, 0.15) is 0 Å². The van der Waals surface area contributed by atoms with Crippen LogP contribution in [0.2, 0.25) is 0 Å². The van der Waals surface area contributed by atoms with Crippen LogP contribution in [0.4, 0.5) is 0 Å². The Balaban J connectivity index is 1.65. The Bertz CT molecular complexity index is 1190. The molecule has 0 bridgehead atoms. The monoisotopic (exact) mass is 489 g/mol. The molecule has 1 aliphatic rings. The van der Waals surface area contributed by atoms with E-state index in [2.05, 4.69) is 10.3 Å². The fraction of sp³-hybridized carbons (Fsp3) is 0.321. The molecule has 4 rings (SSSR count). The molecule has 0 aliphatic carbocycles. The third kappa shape index (κ3) is 5.27. The molecule has 0 radical (unpaired) electrons. The van der Waals surface area contributed by atoms with Crippen molar-refractivity contribution in [1.82, 2.24) is 15.2 Å². The van der Waals surface area contributed by atoms with Gasteiger partial charge in [0.2, 0.25) is 11.7 Å². The molecule has 8 nitrogen and oxygen atoms in total. The number of methoxy groups -OCH3 is 3. The summed E-state index contributed by atoms with van der Waals surface area (Å²) in [6, 6.07) is 16.7. The van der Waals surface area contributed by atoms with Crippen LogP contribution in [0, 0.1) is 12.8 Å². The Labute approximate surface area is 211 Å². The van der Waals surface area contributed by atoms with E-state index in [-0.39, 0.29) is 17.7 Å². The number of rotatable bonds is 8. The molecule has 36 heavy (non-hydrogen) atoms. The summed E-state index contributed by atoms with van der Waals surface area (Å²) < 4.78 is 16.5. The predicted molar refractivity (Wildman–Crippen MR) is 135 cm³/mol. The summed E-state index contributed by atoms with van der Waals surface area (Å²) in [5, 5.41) is 3.00. The zero-order valence-corrected chi connectivity index (χ0v) is 21.0. The summed E-state index contributed by atoms with van der Waals surface area (Å²) >= 11 is 0. The molecule has 2 amide bonds. The summed E-state index contributed by atoms with van der Waals surface area (Å²) in [5.74, 6) is 0.505. The number of benzene rings is 2. The Morgan fingerprint density at radius 1 is 0.972 bits per heavy atom. The van der Waals surface area contributed by atoms with Crippen molar-refractivity contribution in [3.8, 4) is 17.2 Å². The van der Waals surface area contributed by atoms with Gasteiger partial charge in [0.15, 0.2) is 11.5 Å². The smallest absolute Gasteiger partial charge is 0.253 e. The molecule has 1 aromatic heterocycles. The number of pyridine rings is 1. The highest BCUT2D eigenvalue weighted by Crippen LogP contribution is 2.43. The van der Waals surface area contributed by atoms with E-state index in [4.69, 9.17) is 14.2 Å². The van der Waals surface area contributed by atoms with Crippen LogP contribution in [-0.4, -0.2) is 56.1 Å². The summed E-state index contributed by atoms with van der Waals surface area (Å²) in [6.07, 6.45) is 1.69. The average Bonchev–Trinajstić information content (AvgIpc) is 3.37. The molecule has 8 heteroatoms. The highest BCUT2D eigenvalue weighted by atomic mass is 16.5. The van der Waals surface area contributed by atoms with Crippen molar-refractivity contribution >= 4 is 11.8 Å². The van der Waals surface area contributed by atoms with Crippen molar-refractivity contribution < 1.29 is 23.8 Å². The van der Waals surface area contributed by atoms with Gasteiger partial charge in [-0.3, -0.25) is 14.6 Å². The van der Waals surface area contributed by atoms with Gasteiger partial charge in [0.05, 0.1) is 39.5 Å². The third-order valence-electron chi connectivity index (χ3n) is 6.53. The fourth-order valence-electron chi connectivity index (χ4n) is 4.58. The Hall–Kier alpha value is -4.07. The lowest BCUT2D eigenvalue weighted by atomic mass is 9.88. The molecule has 188 valence electrons. The van der Waals surface area contributed by atoms with E-state index in [0.29, 0.717) is 42.4 Å². The van der Waals surface area contributed by atoms with Crippen LogP contribution in [0.25, 0.3) is 0 Å². The van der Waals surface area contributed by atoms with Crippen molar-refractivity contribution in [1.29, 1.82) is 0 Å². The summed E-state index contributed by atoms with van der Waals surface area (Å²) in [7, 11) is 4.66. The van der Waals surface area contributed by atoms with E-state index >= 15 is 0 Å². The molecular weight excluding hydrogens is 458 g/mol. The maximum absolute atomic E-state index is 13.4. The van der Waals surface area contributed by atoms with Gasteiger partial charge >= 0.3 is 0 Å². The standard InChI is InChI=1S/C28H31N3O5/c1-18-8-10-19(11-9-18)28(33)31-16-22(20-13-24(34-2)26(36-4)25(14-20)35-3)23(17-31)27(32)30-15-21-7-5-6-12-29-21/h5-14,22-23H,15-17H2,1-4H3,(H,30,32). The lowest BCUT2D eigenvalue weighted by molar-refractivity contribution is -0.125. The molecule has 2 aromatic carbocycles. The lowest BCUT2D eigenvalue weighted by Crippen LogP contribution is -2.35. The molecule has 2 heterocycles. The molecule has 0 saturated carbocycles. The van der Waals surface area contributed by atoms with Gasteiger partial charge in [-0.2, -0.15) is 0 Å². The summed E-state index contributed by atoms with van der Waals surface area (Å²) in [4.78, 5) is 32.8. The Morgan fingerprint density at radius 2 is 1.67 bits per heavy atom. The first kappa shape index (κ1) is 25.0. The maximum atomic E-state index is 13.4. The average molecular weight is 490 g/mol. The summed E-state index contributed by atoms with van der Waals surface area (Å²) in [5.41, 5.74) is 3.27. The van der Waals surface area contributed by atoms with Crippen molar-refractivity contribution in [2.75, 3.05) is 34.4 Å². The number of amides is 2. The summed E-state index contributed by atoms with van der Waals surface area (Å²) in [6.45, 7) is 2.96. The van der Waals surface area contributed by atoms with E-state index < -0.39 is 5.92 Å². The van der Waals surface area contributed by atoms with E-state index in [1.807, 2.05) is 61.5 Å². The molecule has 1 saturated heterocycles. The Kier molecular flexibility index (Phi) is 7.73. The lowest BCUT2D eigenvalue weighted by Gasteiger charge is -2.21. The largest absolute Gasteiger partial charge is 0.493 e. The molecule has 0 spiro atoms. The molecule has 2 atom stereocenters. The number of aromatic nitrogens is 1. The molecule has 1 N–H and O–H groups in total. The number of nitrogens with one attached hydrogen (secondary N) is 1. The van der Waals surface area contributed by atoms with Crippen molar-refractivity contribution in [3.05, 3.63) is 83.2 Å². The quantitative estimate of drug-likeness (QED) is 0.520. The minimum absolute atomic E-state index is 0.104. The number of ether oxygens (including phenoxy) is 3. The predicted octanol–water partition coefficient (Wildman–Crippen LogP) is 3.59. The normalized spacial score (nSPS) is 16.9. The van der Waals surface area contributed by atoms with Gasteiger partial charge in [0.25, 0.3) is 5.91 Å². The van der Waals surface area contributed by atoms with E-state index in [1.54, 1.807) is 32.4 Å². The fourth-order valence-corrected chi connectivity index (χ4v) is 4.58. The molecule has 1 aliphatic heterocycles. The van der Waals surface area contributed by atoms with Gasteiger partial charge < -0.3 is 24.4 Å². The first-order chi connectivity index (χ1) is 17.4. The minimum Gasteiger partial charge on any atom is -0.493 e. The number of hydrogen-bond acceptors (Lipinski definition) is 6. The van der Waals surface area contributed by atoms with Crippen LogP contribution in [-0.2, 0) is 11.3 Å². The van der Waals surface area contributed by atoms with Crippen LogP contribution in [0.1, 0.15) is 33.1 Å². The van der Waals surface area contributed by atoms with Crippen LogP contribution in [0.5, 0.6) is 17.2 Å². The molecule has 1 fully saturated rings. The first-order valence-corrected chi connectivity index (χ1v) is 11.8. The number of carbonyl (C=O) groups excluding carboxylic acids is 2. The highest BCUT2D eigenvalue weighted by Gasteiger charge is 2.41. The van der Waals surface area contributed by atoms with Crippen molar-refractivity contribution in [2.45, 2.75) is 19.4 Å². The zero-order chi connectivity index (χ0) is 25.7. The SMILES string of the molecule is COc1cc(C2CN(C(=O)c3ccc(C)cc3)CC2C(=O)NCc2ccccn2)cc(OC)c1OC. The second kappa shape index (κ2) is 11.1. The van der Waals surface area contributed by atoms with Crippen molar-refractivity contribution in [2.24, 2.45) is 5.92 Å². The van der Waals surface area contributed by atoms with Crippen LogP contribution >= 0.6 is 0 Å². The zero-order valence-electron chi connectivity index (χ0n) is 21.0.